The third-order valence-corrected chi connectivity index (χ3v) is 4.90. The first-order valence-corrected chi connectivity index (χ1v) is 9.29. The first-order valence-electron chi connectivity index (χ1n) is 9.29. The highest BCUT2D eigenvalue weighted by atomic mass is 16.5. The van der Waals surface area contributed by atoms with Gasteiger partial charge in [-0.2, -0.15) is 0 Å². The molecule has 3 rings (SSSR count). The minimum absolute atomic E-state index is 0.176. The minimum atomic E-state index is -1.03. The fourth-order valence-corrected chi connectivity index (χ4v) is 3.27. The number of carbonyl (C=O) groups excluding carboxylic acids is 4. The molecule has 0 atom stereocenters. The number of nitrogens with zero attached hydrogens (tertiary/aromatic N) is 2. The van der Waals surface area contributed by atoms with E-state index in [-0.39, 0.29) is 5.69 Å². The van der Waals surface area contributed by atoms with Crippen molar-refractivity contribution in [2.75, 3.05) is 18.1 Å². The first kappa shape index (κ1) is 20.3. The van der Waals surface area contributed by atoms with Crippen LogP contribution in [-0.2, 0) is 9.59 Å². The Labute approximate surface area is 168 Å². The van der Waals surface area contributed by atoms with Crippen LogP contribution in [0.3, 0.4) is 0 Å². The van der Waals surface area contributed by atoms with Crippen molar-refractivity contribution in [2.45, 2.75) is 27.7 Å². The molecule has 1 aliphatic rings. The lowest BCUT2D eigenvalue weighted by molar-refractivity contribution is -0.139. The van der Waals surface area contributed by atoms with Crippen LogP contribution in [0.5, 0.6) is 5.75 Å². The quantitative estimate of drug-likeness (QED) is 0.427. The van der Waals surface area contributed by atoms with E-state index in [9.17, 15) is 19.2 Å². The molecule has 1 heterocycles. The fraction of sp³-hybridized carbons (Fsp3) is 0.273. The predicted molar refractivity (Wildman–Crippen MR) is 107 cm³/mol. The number of para-hydroxylation sites is 2. The minimum Gasteiger partial charge on any atom is -0.492 e. The zero-order valence-electron chi connectivity index (χ0n) is 16.8. The Hall–Kier alpha value is -3.48. The number of imide groups is 2. The zero-order valence-corrected chi connectivity index (χ0v) is 16.8. The summed E-state index contributed by atoms with van der Waals surface area (Å²) in [6.45, 7) is 7.22. The first-order chi connectivity index (χ1) is 13.8. The summed E-state index contributed by atoms with van der Waals surface area (Å²) in [5.74, 6) is -2.13. The van der Waals surface area contributed by atoms with Gasteiger partial charge in [0.25, 0.3) is 0 Å². The number of ketones is 1. The van der Waals surface area contributed by atoms with Gasteiger partial charge in [-0.25, -0.2) is 14.6 Å². The third kappa shape index (κ3) is 3.63. The summed E-state index contributed by atoms with van der Waals surface area (Å²) in [6.07, 6.45) is 0. The number of amides is 4. The molecule has 2 aromatic rings. The van der Waals surface area contributed by atoms with Crippen molar-refractivity contribution in [2.24, 2.45) is 0 Å². The van der Waals surface area contributed by atoms with Gasteiger partial charge in [-0.3, -0.25) is 14.4 Å². The smallest absolute Gasteiger partial charge is 0.339 e. The van der Waals surface area contributed by atoms with E-state index in [0.717, 1.165) is 21.6 Å². The van der Waals surface area contributed by atoms with E-state index in [2.05, 4.69) is 0 Å². The molecule has 4 amide bonds. The summed E-state index contributed by atoms with van der Waals surface area (Å²) in [5, 5.41) is 0. The number of rotatable bonds is 6. The normalized spacial score (nSPS) is 14.0. The number of anilines is 1. The van der Waals surface area contributed by atoms with Gasteiger partial charge in [-0.05, 0) is 62.6 Å². The molecular formula is C22H22N2O5. The lowest BCUT2D eigenvalue weighted by Gasteiger charge is -2.18. The summed E-state index contributed by atoms with van der Waals surface area (Å²) >= 11 is 0. The molecule has 0 bridgehead atoms. The Balaban J connectivity index is 1.90. The lowest BCUT2D eigenvalue weighted by atomic mass is 9.98. The number of aryl methyl sites for hydroxylation is 3. The van der Waals surface area contributed by atoms with Gasteiger partial charge in [-0.1, -0.05) is 18.2 Å². The molecule has 1 fully saturated rings. The Bertz CT molecular complexity index is 1030. The topological polar surface area (TPSA) is 84.0 Å². The number of carbonyl (C=O) groups is 4. The van der Waals surface area contributed by atoms with Crippen LogP contribution in [-0.4, -0.2) is 41.7 Å². The van der Waals surface area contributed by atoms with Gasteiger partial charge in [0.15, 0.2) is 5.78 Å². The molecule has 7 heteroatoms. The second-order valence-electron chi connectivity index (χ2n) is 6.89. The van der Waals surface area contributed by atoms with E-state index in [0.29, 0.717) is 22.8 Å². The Morgan fingerprint density at radius 3 is 2.28 bits per heavy atom. The highest BCUT2D eigenvalue weighted by Crippen LogP contribution is 2.32. The van der Waals surface area contributed by atoms with E-state index in [1.165, 1.54) is 6.07 Å². The van der Waals surface area contributed by atoms with Crippen molar-refractivity contribution in [1.29, 1.82) is 0 Å². The summed E-state index contributed by atoms with van der Waals surface area (Å²) in [5.41, 5.74) is 3.33. The molecule has 0 N–H and O–H groups in total. The maximum absolute atomic E-state index is 12.9. The van der Waals surface area contributed by atoms with Crippen molar-refractivity contribution in [3.8, 4) is 5.75 Å². The fourth-order valence-electron chi connectivity index (χ4n) is 3.27. The summed E-state index contributed by atoms with van der Waals surface area (Å²) in [4.78, 5) is 52.1. The maximum Gasteiger partial charge on any atom is 0.339 e. The van der Waals surface area contributed by atoms with Gasteiger partial charge in [-0.15, -0.1) is 0 Å². The number of urea groups is 1. The molecular weight excluding hydrogens is 372 g/mol. The van der Waals surface area contributed by atoms with E-state index in [1.54, 1.807) is 38.1 Å². The highest BCUT2D eigenvalue weighted by Gasteiger charge is 2.47. The van der Waals surface area contributed by atoms with E-state index < -0.39 is 30.2 Å². The average molecular weight is 394 g/mol. The summed E-state index contributed by atoms with van der Waals surface area (Å²) in [6, 6.07) is 9.22. The largest absolute Gasteiger partial charge is 0.492 e. The molecule has 0 spiro atoms. The SMILES string of the molecule is CCOc1ccccc1N1C(=O)C(=O)N(CC(=O)c2cc(C)c(C)cc2C)C1=O. The second-order valence-corrected chi connectivity index (χ2v) is 6.89. The van der Waals surface area contributed by atoms with E-state index in [1.807, 2.05) is 19.9 Å². The molecule has 0 unspecified atom stereocenters. The van der Waals surface area contributed by atoms with Gasteiger partial charge in [0, 0.05) is 5.56 Å². The zero-order chi connectivity index (χ0) is 21.3. The number of hydrogen-bond donors (Lipinski definition) is 0. The monoisotopic (exact) mass is 394 g/mol. The van der Waals surface area contributed by atoms with Crippen molar-refractivity contribution < 1.29 is 23.9 Å². The van der Waals surface area contributed by atoms with Gasteiger partial charge in [0.05, 0.1) is 18.8 Å². The Morgan fingerprint density at radius 2 is 1.59 bits per heavy atom. The highest BCUT2D eigenvalue weighted by molar-refractivity contribution is 6.53. The van der Waals surface area contributed by atoms with Crippen LogP contribution in [0, 0.1) is 20.8 Å². The third-order valence-electron chi connectivity index (χ3n) is 4.90. The van der Waals surface area contributed by atoms with Crippen molar-refractivity contribution in [3.63, 3.8) is 0 Å². The number of hydrogen-bond acceptors (Lipinski definition) is 5. The van der Waals surface area contributed by atoms with Gasteiger partial charge < -0.3 is 4.74 Å². The van der Waals surface area contributed by atoms with Crippen LogP contribution in [0.1, 0.15) is 34.0 Å². The Kier molecular flexibility index (Phi) is 5.50. The number of benzene rings is 2. The summed E-state index contributed by atoms with van der Waals surface area (Å²) in [7, 11) is 0. The van der Waals surface area contributed by atoms with Crippen LogP contribution in [0.25, 0.3) is 0 Å². The van der Waals surface area contributed by atoms with Gasteiger partial charge in [0.1, 0.15) is 5.75 Å². The van der Waals surface area contributed by atoms with E-state index in [4.69, 9.17) is 4.74 Å². The standard InChI is InChI=1S/C22H22N2O5/c1-5-29-19-9-7-6-8-17(19)24-21(27)20(26)23(22(24)28)12-18(25)16-11-14(3)13(2)10-15(16)4/h6-11H,5,12H2,1-4H3. The molecule has 0 aliphatic carbocycles. The average Bonchev–Trinajstić information content (AvgIpc) is 2.89. The molecule has 1 saturated heterocycles. The molecule has 0 radical (unpaired) electrons. The van der Waals surface area contributed by atoms with Crippen molar-refractivity contribution in [1.82, 2.24) is 4.90 Å². The molecule has 0 aromatic heterocycles. The predicted octanol–water partition coefficient (Wildman–Crippen LogP) is 3.19. The van der Waals surface area contributed by atoms with Crippen LogP contribution < -0.4 is 9.64 Å². The van der Waals surface area contributed by atoms with Crippen LogP contribution in [0.2, 0.25) is 0 Å². The molecule has 2 aromatic carbocycles. The van der Waals surface area contributed by atoms with Crippen molar-refractivity contribution in [3.05, 3.63) is 58.7 Å². The van der Waals surface area contributed by atoms with Gasteiger partial charge >= 0.3 is 17.8 Å². The van der Waals surface area contributed by atoms with E-state index >= 15 is 0 Å². The van der Waals surface area contributed by atoms with Crippen molar-refractivity contribution >= 4 is 29.3 Å². The van der Waals surface area contributed by atoms with Crippen LogP contribution in [0.15, 0.2) is 36.4 Å². The molecule has 1 aliphatic heterocycles. The lowest BCUT2D eigenvalue weighted by Crippen LogP contribution is -2.37. The summed E-state index contributed by atoms with van der Waals surface area (Å²) < 4.78 is 5.46. The van der Waals surface area contributed by atoms with Gasteiger partial charge in [0.2, 0.25) is 0 Å². The maximum atomic E-state index is 12.9. The number of Topliss-reactive ketones (excluding diaryl/α,β-unsaturated/α-hetero) is 1. The van der Waals surface area contributed by atoms with Crippen LogP contribution >= 0.6 is 0 Å². The molecule has 0 saturated carbocycles. The molecule has 7 nitrogen and oxygen atoms in total. The molecule has 29 heavy (non-hydrogen) atoms. The Morgan fingerprint density at radius 1 is 0.931 bits per heavy atom. The molecule has 150 valence electrons. The second kappa shape index (κ2) is 7.87. The number of ether oxygens (including phenoxy) is 1. The van der Waals surface area contributed by atoms with Crippen LogP contribution in [0.4, 0.5) is 10.5 Å².